The van der Waals surface area contributed by atoms with Crippen LogP contribution in [0.2, 0.25) is 18.1 Å². The first-order chi connectivity index (χ1) is 9.19. The predicted molar refractivity (Wildman–Crippen MR) is 83.6 cm³/mol. The van der Waals surface area contributed by atoms with Crippen LogP contribution in [-0.2, 0) is 0 Å². The third-order valence-corrected chi connectivity index (χ3v) is 8.44. The van der Waals surface area contributed by atoms with Gasteiger partial charge in [-0.3, -0.25) is 0 Å². The lowest BCUT2D eigenvalue weighted by Gasteiger charge is -2.37. The molecule has 1 saturated heterocycles. The van der Waals surface area contributed by atoms with Crippen LogP contribution in [0.15, 0.2) is 24.3 Å². The van der Waals surface area contributed by atoms with Gasteiger partial charge in [-0.15, -0.1) is 0 Å². The molecule has 0 radical (unpaired) electrons. The molecule has 0 spiro atoms. The zero-order valence-corrected chi connectivity index (χ0v) is 13.9. The molecule has 0 saturated carbocycles. The van der Waals surface area contributed by atoms with E-state index in [2.05, 4.69) is 19.2 Å². The molecule has 2 nitrogen and oxygen atoms in total. The van der Waals surface area contributed by atoms with E-state index in [1.807, 2.05) is 19.2 Å². The molecule has 0 aliphatic carbocycles. The molecule has 2 atom stereocenters. The van der Waals surface area contributed by atoms with E-state index in [1.54, 1.807) is 12.1 Å². The molecule has 1 heterocycles. The Balaban J connectivity index is 2.00. The van der Waals surface area contributed by atoms with Crippen molar-refractivity contribution in [3.63, 3.8) is 0 Å². The second kappa shape index (κ2) is 5.58. The van der Waals surface area contributed by atoms with Crippen LogP contribution in [-0.4, -0.2) is 19.7 Å². The van der Waals surface area contributed by atoms with Gasteiger partial charge < -0.3 is 10.1 Å². The summed E-state index contributed by atoms with van der Waals surface area (Å²) in [6, 6.07) is 7.11. The normalized spacial score (nSPS) is 24.1. The third kappa shape index (κ3) is 3.48. The molecule has 0 bridgehead atoms. The standard InChI is InChI=1S/C16H26FNOSi/c1-16(2,20(3,4)19)10-12-8-15(18-11-12)13-6-5-7-14(17)9-13/h5-7,9,12,15,18-19H,8,10-11H2,1-4H3/t12-,15?/m0/s1. The lowest BCUT2D eigenvalue weighted by Crippen LogP contribution is -2.40. The van der Waals surface area contributed by atoms with Gasteiger partial charge in [0.25, 0.3) is 0 Å². The molecule has 20 heavy (non-hydrogen) atoms. The summed E-state index contributed by atoms with van der Waals surface area (Å²) in [6.07, 6.45) is 2.05. The molecule has 112 valence electrons. The molecule has 2 rings (SSSR count). The van der Waals surface area contributed by atoms with Crippen LogP contribution < -0.4 is 5.32 Å². The molecule has 2 N–H and O–H groups in total. The van der Waals surface area contributed by atoms with Crippen LogP contribution in [0.3, 0.4) is 0 Å². The summed E-state index contributed by atoms with van der Waals surface area (Å²) in [5, 5.41) is 3.50. The number of nitrogens with one attached hydrogen (secondary N) is 1. The zero-order valence-electron chi connectivity index (χ0n) is 12.9. The van der Waals surface area contributed by atoms with Crippen molar-refractivity contribution < 1.29 is 9.19 Å². The van der Waals surface area contributed by atoms with E-state index in [4.69, 9.17) is 0 Å². The zero-order chi connectivity index (χ0) is 15.0. The highest BCUT2D eigenvalue weighted by Crippen LogP contribution is 2.44. The molecular weight excluding hydrogens is 269 g/mol. The van der Waals surface area contributed by atoms with Gasteiger partial charge in [-0.25, -0.2) is 4.39 Å². The quantitative estimate of drug-likeness (QED) is 0.827. The number of hydrogen-bond donors (Lipinski definition) is 2. The van der Waals surface area contributed by atoms with E-state index < -0.39 is 8.32 Å². The fourth-order valence-electron chi connectivity index (χ4n) is 2.91. The van der Waals surface area contributed by atoms with Gasteiger partial charge >= 0.3 is 0 Å². The maximum Gasteiger partial charge on any atom is 0.188 e. The second-order valence-corrected chi connectivity index (χ2v) is 11.7. The monoisotopic (exact) mass is 295 g/mol. The van der Waals surface area contributed by atoms with Crippen molar-refractivity contribution in [2.45, 2.75) is 50.9 Å². The smallest absolute Gasteiger partial charge is 0.188 e. The van der Waals surface area contributed by atoms with Gasteiger partial charge in [-0.2, -0.15) is 0 Å². The van der Waals surface area contributed by atoms with Crippen molar-refractivity contribution in [1.29, 1.82) is 0 Å². The van der Waals surface area contributed by atoms with E-state index >= 15 is 0 Å². The Morgan fingerprint density at radius 1 is 1.40 bits per heavy atom. The Morgan fingerprint density at radius 3 is 2.70 bits per heavy atom. The maximum atomic E-state index is 13.3. The van der Waals surface area contributed by atoms with E-state index in [0.717, 1.165) is 24.9 Å². The number of hydrogen-bond acceptors (Lipinski definition) is 2. The summed E-state index contributed by atoms with van der Waals surface area (Å²) in [5.41, 5.74) is 1.03. The summed E-state index contributed by atoms with van der Waals surface area (Å²) in [5.74, 6) is 0.383. The first-order valence-corrected chi connectivity index (χ1v) is 10.3. The van der Waals surface area contributed by atoms with Crippen LogP contribution in [0.1, 0.15) is 38.3 Å². The van der Waals surface area contributed by atoms with Gasteiger partial charge in [-0.1, -0.05) is 26.0 Å². The third-order valence-electron chi connectivity index (χ3n) is 4.93. The Hall–Kier alpha value is -0.713. The summed E-state index contributed by atoms with van der Waals surface area (Å²) in [7, 11) is -2.15. The number of halogens is 1. The van der Waals surface area contributed by atoms with Crippen molar-refractivity contribution in [2.24, 2.45) is 5.92 Å². The van der Waals surface area contributed by atoms with Crippen molar-refractivity contribution in [3.05, 3.63) is 35.6 Å². The first kappa shape index (κ1) is 15.7. The van der Waals surface area contributed by atoms with Crippen LogP contribution in [0.5, 0.6) is 0 Å². The molecule has 1 aromatic carbocycles. The van der Waals surface area contributed by atoms with Crippen LogP contribution in [0, 0.1) is 11.7 Å². The highest BCUT2D eigenvalue weighted by atomic mass is 28.4. The molecule has 1 fully saturated rings. The van der Waals surface area contributed by atoms with Crippen LogP contribution in [0.4, 0.5) is 4.39 Å². The van der Waals surface area contributed by atoms with E-state index in [1.165, 1.54) is 6.07 Å². The Kier molecular flexibility index (Phi) is 4.37. The van der Waals surface area contributed by atoms with E-state index in [0.29, 0.717) is 5.92 Å². The van der Waals surface area contributed by atoms with Crippen molar-refractivity contribution in [2.75, 3.05) is 6.54 Å². The van der Waals surface area contributed by atoms with Gasteiger partial charge in [0.15, 0.2) is 8.32 Å². The van der Waals surface area contributed by atoms with E-state index in [9.17, 15) is 9.19 Å². The minimum Gasteiger partial charge on any atom is -0.432 e. The lowest BCUT2D eigenvalue weighted by molar-refractivity contribution is 0.386. The highest BCUT2D eigenvalue weighted by molar-refractivity contribution is 6.72. The maximum absolute atomic E-state index is 13.3. The summed E-state index contributed by atoms with van der Waals surface area (Å²) in [4.78, 5) is 10.4. The SMILES string of the molecule is CC(C)(C[C@H]1CNC(c2cccc(F)c2)C1)[Si](C)(C)O. The molecular formula is C16H26FNOSi. The Bertz CT molecular complexity index is 470. The Labute approximate surface area is 122 Å². The average Bonchev–Trinajstić information content (AvgIpc) is 2.75. The number of benzene rings is 1. The van der Waals surface area contributed by atoms with Gasteiger partial charge in [0.05, 0.1) is 0 Å². The minimum atomic E-state index is -2.15. The molecule has 4 heteroatoms. The van der Waals surface area contributed by atoms with Crippen molar-refractivity contribution in [1.82, 2.24) is 5.32 Å². The Morgan fingerprint density at radius 2 is 2.10 bits per heavy atom. The van der Waals surface area contributed by atoms with Crippen LogP contribution >= 0.6 is 0 Å². The highest BCUT2D eigenvalue weighted by Gasteiger charge is 2.41. The van der Waals surface area contributed by atoms with Gasteiger partial charge in [-0.05, 0) is 61.1 Å². The fourth-order valence-corrected chi connectivity index (χ4v) is 3.70. The predicted octanol–water partition coefficient (Wildman–Crippen LogP) is 3.84. The van der Waals surface area contributed by atoms with Gasteiger partial charge in [0.1, 0.15) is 5.82 Å². The second-order valence-electron chi connectivity index (χ2n) is 7.26. The van der Waals surface area contributed by atoms with E-state index in [-0.39, 0.29) is 16.9 Å². The molecule has 1 aliphatic heterocycles. The largest absolute Gasteiger partial charge is 0.432 e. The molecule has 0 aromatic heterocycles. The van der Waals surface area contributed by atoms with Crippen LogP contribution in [0.25, 0.3) is 0 Å². The van der Waals surface area contributed by atoms with Gasteiger partial charge in [0.2, 0.25) is 0 Å². The molecule has 1 aromatic rings. The molecule has 1 aliphatic rings. The topological polar surface area (TPSA) is 32.3 Å². The first-order valence-electron chi connectivity index (χ1n) is 7.40. The lowest BCUT2D eigenvalue weighted by atomic mass is 9.92. The number of rotatable bonds is 4. The van der Waals surface area contributed by atoms with Gasteiger partial charge in [0, 0.05) is 6.04 Å². The summed E-state index contributed by atoms with van der Waals surface area (Å²) < 4.78 is 13.3. The van der Waals surface area contributed by atoms with Crippen molar-refractivity contribution >= 4 is 8.32 Å². The van der Waals surface area contributed by atoms with Crippen molar-refractivity contribution in [3.8, 4) is 0 Å². The molecule has 1 unspecified atom stereocenters. The summed E-state index contributed by atoms with van der Waals surface area (Å²) in [6.45, 7) is 9.33. The average molecular weight is 295 g/mol. The summed E-state index contributed by atoms with van der Waals surface area (Å²) >= 11 is 0. The molecule has 0 amide bonds. The minimum absolute atomic E-state index is 0.0101. The fraction of sp³-hybridized carbons (Fsp3) is 0.625.